The molecule has 0 atom stereocenters. The van der Waals surface area contributed by atoms with E-state index in [1.54, 1.807) is 18.5 Å². The third kappa shape index (κ3) is 2.94. The quantitative estimate of drug-likeness (QED) is 0.848. The molecule has 2 aromatic rings. The molecule has 0 bridgehead atoms. The smallest absolute Gasteiger partial charge is 0.257 e. The normalized spacial score (nSPS) is 9.94. The monoisotopic (exact) mass is 288 g/mol. The first kappa shape index (κ1) is 11.9. The van der Waals surface area contributed by atoms with Crippen molar-refractivity contribution in [2.45, 2.75) is 0 Å². The predicted octanol–water partition coefficient (Wildman–Crippen LogP) is 1.35. The summed E-state index contributed by atoms with van der Waals surface area (Å²) >= 11 is 3.29. The van der Waals surface area contributed by atoms with Crippen LogP contribution in [0.3, 0.4) is 0 Å². The first-order valence-corrected chi connectivity index (χ1v) is 5.93. The molecule has 5 heteroatoms. The van der Waals surface area contributed by atoms with E-state index in [-0.39, 0.29) is 5.91 Å². The average Bonchev–Trinajstić information content (AvgIpc) is 2.32. The fraction of sp³-hybridized carbons (Fsp3) is 0. The summed E-state index contributed by atoms with van der Waals surface area (Å²) in [4.78, 5) is 15.9. The molecule has 0 spiro atoms. The lowest BCUT2D eigenvalue weighted by Crippen LogP contribution is -2.18. The van der Waals surface area contributed by atoms with E-state index >= 15 is 0 Å². The van der Waals surface area contributed by atoms with Crippen LogP contribution in [0.2, 0.25) is 0 Å². The SMILES string of the molecule is Bc1ccccc1NC(=O)c1cncc(Br)c1. The van der Waals surface area contributed by atoms with E-state index in [2.05, 4.69) is 26.2 Å². The summed E-state index contributed by atoms with van der Waals surface area (Å²) in [5.41, 5.74) is 2.38. The number of amides is 1. The molecule has 0 fully saturated rings. The number of nitrogens with one attached hydrogen (secondary N) is 1. The highest BCUT2D eigenvalue weighted by Gasteiger charge is 2.07. The standard InChI is InChI=1S/C12H10BBrN2O/c13-10-3-1-2-4-11(10)16-12(17)8-5-9(14)7-15-6-8/h1-7H,13H2,(H,16,17). The number of halogens is 1. The molecular formula is C12H10BBrN2O. The van der Waals surface area contributed by atoms with Crippen molar-refractivity contribution in [2.24, 2.45) is 0 Å². The largest absolute Gasteiger partial charge is 0.322 e. The van der Waals surface area contributed by atoms with Crippen molar-refractivity contribution in [1.82, 2.24) is 4.98 Å². The minimum absolute atomic E-state index is 0.159. The van der Waals surface area contributed by atoms with Gasteiger partial charge in [0.25, 0.3) is 5.91 Å². The third-order valence-corrected chi connectivity index (χ3v) is 2.79. The minimum atomic E-state index is -0.159. The summed E-state index contributed by atoms with van der Waals surface area (Å²) < 4.78 is 0.787. The Morgan fingerprint density at radius 3 is 2.76 bits per heavy atom. The molecule has 1 heterocycles. The molecule has 1 aromatic carbocycles. The molecule has 0 saturated carbocycles. The first-order valence-electron chi connectivity index (χ1n) is 5.14. The molecule has 0 aliphatic rings. The van der Waals surface area contributed by atoms with E-state index in [9.17, 15) is 4.79 Å². The summed E-state index contributed by atoms with van der Waals surface area (Å²) in [5, 5.41) is 2.85. The van der Waals surface area contributed by atoms with Crippen molar-refractivity contribution in [3.05, 3.63) is 52.8 Å². The van der Waals surface area contributed by atoms with Gasteiger partial charge in [-0.25, -0.2) is 0 Å². The van der Waals surface area contributed by atoms with Gasteiger partial charge < -0.3 is 5.32 Å². The van der Waals surface area contributed by atoms with Crippen LogP contribution in [0, 0.1) is 0 Å². The Bertz CT molecular complexity index is 560. The Labute approximate surface area is 109 Å². The molecule has 84 valence electrons. The topological polar surface area (TPSA) is 42.0 Å². The maximum Gasteiger partial charge on any atom is 0.257 e. The number of hydrogen-bond acceptors (Lipinski definition) is 2. The van der Waals surface area contributed by atoms with E-state index in [0.29, 0.717) is 5.56 Å². The summed E-state index contributed by atoms with van der Waals surface area (Å²) in [5.74, 6) is -0.159. The van der Waals surface area contributed by atoms with Crippen LogP contribution in [0.5, 0.6) is 0 Å². The molecule has 17 heavy (non-hydrogen) atoms. The van der Waals surface area contributed by atoms with Crippen LogP contribution >= 0.6 is 15.9 Å². The second-order valence-electron chi connectivity index (χ2n) is 3.66. The van der Waals surface area contributed by atoms with Gasteiger partial charge >= 0.3 is 0 Å². The van der Waals surface area contributed by atoms with Crippen molar-refractivity contribution in [3.63, 3.8) is 0 Å². The Kier molecular flexibility index (Phi) is 3.59. The fourth-order valence-corrected chi connectivity index (χ4v) is 1.81. The molecule has 3 nitrogen and oxygen atoms in total. The molecule has 1 amide bonds. The average molecular weight is 289 g/mol. The van der Waals surface area contributed by atoms with Crippen LogP contribution in [0.25, 0.3) is 0 Å². The number of para-hydroxylation sites is 1. The number of pyridine rings is 1. The van der Waals surface area contributed by atoms with Gasteiger partial charge in [-0.05, 0) is 28.1 Å². The number of rotatable bonds is 2. The van der Waals surface area contributed by atoms with E-state index in [1.165, 1.54) is 0 Å². The van der Waals surface area contributed by atoms with E-state index in [0.717, 1.165) is 15.6 Å². The Morgan fingerprint density at radius 2 is 2.06 bits per heavy atom. The van der Waals surface area contributed by atoms with Crippen LogP contribution in [-0.2, 0) is 0 Å². The van der Waals surface area contributed by atoms with Crippen LogP contribution < -0.4 is 10.8 Å². The van der Waals surface area contributed by atoms with Crippen molar-refractivity contribution in [3.8, 4) is 0 Å². The highest BCUT2D eigenvalue weighted by molar-refractivity contribution is 9.10. The number of nitrogens with zero attached hydrogens (tertiary/aromatic N) is 1. The van der Waals surface area contributed by atoms with Gasteiger partial charge in [0.2, 0.25) is 0 Å². The third-order valence-electron chi connectivity index (χ3n) is 2.36. The fourth-order valence-electron chi connectivity index (χ4n) is 1.44. The number of benzene rings is 1. The van der Waals surface area contributed by atoms with Crippen LogP contribution in [0.4, 0.5) is 5.69 Å². The van der Waals surface area contributed by atoms with E-state index in [1.807, 2.05) is 32.1 Å². The zero-order chi connectivity index (χ0) is 12.3. The van der Waals surface area contributed by atoms with Crippen molar-refractivity contribution in [1.29, 1.82) is 0 Å². The Balaban J connectivity index is 2.20. The van der Waals surface area contributed by atoms with E-state index < -0.39 is 0 Å². The number of carbonyl (C=O) groups excluding carboxylic acids is 1. The van der Waals surface area contributed by atoms with Crippen LogP contribution in [0.15, 0.2) is 47.2 Å². The molecule has 0 aliphatic carbocycles. The number of carbonyl (C=O) groups is 1. The second kappa shape index (κ2) is 5.14. The minimum Gasteiger partial charge on any atom is -0.322 e. The first-order chi connectivity index (χ1) is 8.16. The molecule has 0 aliphatic heterocycles. The van der Waals surface area contributed by atoms with Crippen molar-refractivity contribution >= 4 is 40.8 Å². The molecule has 1 aromatic heterocycles. The zero-order valence-corrected chi connectivity index (χ0v) is 10.9. The highest BCUT2D eigenvalue weighted by atomic mass is 79.9. The van der Waals surface area contributed by atoms with Gasteiger partial charge in [0.1, 0.15) is 7.85 Å². The maximum atomic E-state index is 11.9. The number of aromatic nitrogens is 1. The van der Waals surface area contributed by atoms with E-state index in [4.69, 9.17) is 0 Å². The summed E-state index contributed by atoms with van der Waals surface area (Å²) in [6.45, 7) is 0. The summed E-state index contributed by atoms with van der Waals surface area (Å²) in [7, 11) is 1.95. The molecule has 2 rings (SSSR count). The molecule has 1 N–H and O–H groups in total. The summed E-state index contributed by atoms with van der Waals surface area (Å²) in [6.07, 6.45) is 3.18. The van der Waals surface area contributed by atoms with Gasteiger partial charge in [-0.3, -0.25) is 9.78 Å². The molecule has 0 unspecified atom stereocenters. The Hall–Kier alpha value is -1.62. The lowest BCUT2D eigenvalue weighted by Gasteiger charge is -2.07. The lowest BCUT2D eigenvalue weighted by molar-refractivity contribution is 0.102. The second-order valence-corrected chi connectivity index (χ2v) is 4.58. The van der Waals surface area contributed by atoms with Gasteiger partial charge in [0, 0.05) is 22.6 Å². The van der Waals surface area contributed by atoms with Crippen LogP contribution in [-0.4, -0.2) is 18.7 Å². The van der Waals surface area contributed by atoms with Gasteiger partial charge in [0.05, 0.1) is 5.56 Å². The predicted molar refractivity (Wildman–Crippen MR) is 74.5 cm³/mol. The summed E-state index contributed by atoms with van der Waals surface area (Å²) in [6, 6.07) is 9.39. The highest BCUT2D eigenvalue weighted by Crippen LogP contribution is 2.11. The van der Waals surface area contributed by atoms with Crippen molar-refractivity contribution < 1.29 is 4.79 Å². The van der Waals surface area contributed by atoms with Gasteiger partial charge in [0.15, 0.2) is 0 Å². The van der Waals surface area contributed by atoms with Gasteiger partial charge in [-0.1, -0.05) is 23.7 Å². The molecular weight excluding hydrogens is 279 g/mol. The molecule has 0 radical (unpaired) electrons. The van der Waals surface area contributed by atoms with Gasteiger partial charge in [-0.15, -0.1) is 0 Å². The lowest BCUT2D eigenvalue weighted by atomic mass is 9.94. The Morgan fingerprint density at radius 1 is 1.29 bits per heavy atom. The van der Waals surface area contributed by atoms with Gasteiger partial charge in [-0.2, -0.15) is 0 Å². The molecule has 0 saturated heterocycles. The zero-order valence-electron chi connectivity index (χ0n) is 9.27. The maximum absolute atomic E-state index is 11.9. The van der Waals surface area contributed by atoms with Crippen molar-refractivity contribution in [2.75, 3.05) is 5.32 Å². The number of anilines is 1. The van der Waals surface area contributed by atoms with Crippen LogP contribution in [0.1, 0.15) is 10.4 Å². The number of hydrogen-bond donors (Lipinski definition) is 1.